The van der Waals surface area contributed by atoms with Gasteiger partial charge in [0, 0.05) is 11.8 Å². The largest absolute Gasteiger partial charge is 0.486 e. The minimum Gasteiger partial charge on any atom is -0.486 e. The van der Waals surface area contributed by atoms with E-state index in [2.05, 4.69) is 10.0 Å². The molecule has 12 heteroatoms. The summed E-state index contributed by atoms with van der Waals surface area (Å²) in [6.07, 6.45) is 1.01. The van der Waals surface area contributed by atoms with Crippen LogP contribution in [0.2, 0.25) is 0 Å². The van der Waals surface area contributed by atoms with Crippen LogP contribution < -0.4 is 23.8 Å². The Kier molecular flexibility index (Phi) is 7.56. The second-order valence-electron chi connectivity index (χ2n) is 9.00. The van der Waals surface area contributed by atoms with Crippen LogP contribution in [0, 0.1) is 13.8 Å². The van der Waals surface area contributed by atoms with Gasteiger partial charge in [0.05, 0.1) is 22.5 Å². The molecule has 2 N–H and O–H groups in total. The molecule has 10 nitrogen and oxygen atoms in total. The molecule has 0 aliphatic carbocycles. The van der Waals surface area contributed by atoms with Gasteiger partial charge in [-0.25, -0.2) is 16.8 Å². The molecular formula is C26H29N3O7S2. The molecule has 3 aromatic rings. The van der Waals surface area contributed by atoms with E-state index < -0.39 is 32.0 Å². The first-order valence-electron chi connectivity index (χ1n) is 11.8. The van der Waals surface area contributed by atoms with Gasteiger partial charge in [-0.3, -0.25) is 13.8 Å². The average molecular weight is 560 g/mol. The van der Waals surface area contributed by atoms with Crippen molar-refractivity contribution in [1.29, 1.82) is 0 Å². The molecule has 1 heterocycles. The molecule has 4 rings (SSSR count). The SMILES string of the molecule is Cc1ccc(NS(=O)(=O)c2ccc(NC(=O)[C@H](C)N(c3ccc4c(c3)OCCO4)S(C)(=O)=O)cc2)c(C)c1. The monoisotopic (exact) mass is 559 g/mol. The summed E-state index contributed by atoms with van der Waals surface area (Å²) in [4.78, 5) is 13.1. The minimum atomic E-state index is -3.86. The maximum absolute atomic E-state index is 13.0. The van der Waals surface area contributed by atoms with E-state index >= 15 is 0 Å². The third-order valence-corrected chi connectivity index (χ3v) is 8.55. The number of benzene rings is 3. The van der Waals surface area contributed by atoms with Gasteiger partial charge in [-0.1, -0.05) is 17.7 Å². The molecule has 1 aliphatic rings. The van der Waals surface area contributed by atoms with Gasteiger partial charge in [0.2, 0.25) is 15.9 Å². The summed E-state index contributed by atoms with van der Waals surface area (Å²) < 4.78 is 65.6. The predicted molar refractivity (Wildman–Crippen MR) is 146 cm³/mol. The van der Waals surface area contributed by atoms with E-state index in [0.29, 0.717) is 36.1 Å². The van der Waals surface area contributed by atoms with Crippen molar-refractivity contribution < 1.29 is 31.1 Å². The summed E-state index contributed by atoms with van der Waals surface area (Å²) in [5.74, 6) is 0.281. The van der Waals surface area contributed by atoms with Crippen molar-refractivity contribution in [2.24, 2.45) is 0 Å². The topological polar surface area (TPSA) is 131 Å². The van der Waals surface area contributed by atoms with Crippen LogP contribution >= 0.6 is 0 Å². The highest BCUT2D eigenvalue weighted by atomic mass is 32.2. The fourth-order valence-corrected chi connectivity index (χ4v) is 6.37. The van der Waals surface area contributed by atoms with Crippen LogP contribution in [-0.2, 0) is 24.8 Å². The van der Waals surface area contributed by atoms with E-state index in [4.69, 9.17) is 9.47 Å². The first kappa shape index (κ1) is 27.3. The molecule has 1 amide bonds. The van der Waals surface area contributed by atoms with Gasteiger partial charge in [0.1, 0.15) is 19.3 Å². The highest BCUT2D eigenvalue weighted by Gasteiger charge is 2.30. The van der Waals surface area contributed by atoms with Crippen LogP contribution in [0.25, 0.3) is 0 Å². The molecule has 0 aromatic heterocycles. The lowest BCUT2D eigenvalue weighted by atomic mass is 10.1. The number of sulfonamides is 2. The Bertz CT molecular complexity index is 1570. The molecular weight excluding hydrogens is 530 g/mol. The Hall–Kier alpha value is -3.77. The molecule has 202 valence electrons. The lowest BCUT2D eigenvalue weighted by Crippen LogP contribution is -2.45. The number of ether oxygens (including phenoxy) is 2. The second kappa shape index (κ2) is 10.5. The van der Waals surface area contributed by atoms with E-state index in [1.54, 1.807) is 18.2 Å². The summed E-state index contributed by atoms with van der Waals surface area (Å²) in [5.41, 5.74) is 2.84. The van der Waals surface area contributed by atoms with Crippen molar-refractivity contribution in [1.82, 2.24) is 0 Å². The van der Waals surface area contributed by atoms with Gasteiger partial charge in [-0.15, -0.1) is 0 Å². The summed E-state index contributed by atoms with van der Waals surface area (Å²) in [5, 5.41) is 2.65. The number of amides is 1. The van der Waals surface area contributed by atoms with Crippen molar-refractivity contribution in [2.45, 2.75) is 31.7 Å². The summed E-state index contributed by atoms with van der Waals surface area (Å²) in [6.45, 7) is 5.92. The zero-order valence-electron chi connectivity index (χ0n) is 21.4. The van der Waals surface area contributed by atoms with Crippen molar-refractivity contribution in [2.75, 3.05) is 33.8 Å². The van der Waals surface area contributed by atoms with E-state index in [1.807, 2.05) is 26.0 Å². The predicted octanol–water partition coefficient (Wildman–Crippen LogP) is 3.67. The number of nitrogens with zero attached hydrogens (tertiary/aromatic N) is 1. The smallest absolute Gasteiger partial charge is 0.261 e. The van der Waals surface area contributed by atoms with Gasteiger partial charge in [-0.05, 0) is 68.8 Å². The average Bonchev–Trinajstić information content (AvgIpc) is 2.85. The molecule has 0 saturated carbocycles. The standard InChI is InChI=1S/C26H29N3O7S2/c1-17-5-11-23(18(2)15-17)28-38(33,34)22-9-6-20(7-10-22)27-26(30)19(3)29(37(4,31)32)21-8-12-24-25(16-21)36-14-13-35-24/h5-12,15-16,19,28H,13-14H2,1-4H3,(H,27,30)/t19-/m0/s1. The summed E-state index contributed by atoms with van der Waals surface area (Å²) in [7, 11) is -7.71. The van der Waals surface area contributed by atoms with Crippen LogP contribution in [0.3, 0.4) is 0 Å². The second-order valence-corrected chi connectivity index (χ2v) is 12.5. The van der Waals surface area contributed by atoms with E-state index in [-0.39, 0.29) is 10.6 Å². The zero-order valence-corrected chi connectivity index (χ0v) is 23.0. The maximum Gasteiger partial charge on any atom is 0.261 e. The van der Waals surface area contributed by atoms with Crippen LogP contribution in [0.5, 0.6) is 11.5 Å². The minimum absolute atomic E-state index is 0.0116. The number of anilines is 3. The van der Waals surface area contributed by atoms with Crippen LogP contribution in [0.4, 0.5) is 17.1 Å². The summed E-state index contributed by atoms with van der Waals surface area (Å²) >= 11 is 0. The molecule has 1 atom stereocenters. The number of carbonyl (C=O) groups is 1. The molecule has 3 aromatic carbocycles. The van der Waals surface area contributed by atoms with Crippen LogP contribution in [0.15, 0.2) is 65.6 Å². The lowest BCUT2D eigenvalue weighted by molar-refractivity contribution is -0.116. The fourth-order valence-electron chi connectivity index (χ4n) is 4.07. The molecule has 0 spiro atoms. The highest BCUT2D eigenvalue weighted by Crippen LogP contribution is 2.35. The Morgan fingerprint density at radius 2 is 1.55 bits per heavy atom. The highest BCUT2D eigenvalue weighted by molar-refractivity contribution is 7.92. The third-order valence-electron chi connectivity index (χ3n) is 5.93. The van der Waals surface area contributed by atoms with Crippen molar-refractivity contribution >= 4 is 43.0 Å². The molecule has 1 aliphatic heterocycles. The zero-order chi connectivity index (χ0) is 27.7. The molecule has 38 heavy (non-hydrogen) atoms. The lowest BCUT2D eigenvalue weighted by Gasteiger charge is -2.29. The number of hydrogen-bond acceptors (Lipinski definition) is 7. The Morgan fingerprint density at radius 1 is 0.895 bits per heavy atom. The van der Waals surface area contributed by atoms with Gasteiger partial charge in [-0.2, -0.15) is 0 Å². The van der Waals surface area contributed by atoms with Gasteiger partial charge >= 0.3 is 0 Å². The third kappa shape index (κ3) is 6.03. The normalized spacial score (nSPS) is 13.9. The maximum atomic E-state index is 13.0. The number of carbonyl (C=O) groups excluding carboxylic acids is 1. The Morgan fingerprint density at radius 3 is 2.18 bits per heavy atom. The van der Waals surface area contributed by atoms with Crippen molar-refractivity contribution in [3.8, 4) is 11.5 Å². The van der Waals surface area contributed by atoms with Crippen molar-refractivity contribution in [3.05, 3.63) is 71.8 Å². The van der Waals surface area contributed by atoms with E-state index in [9.17, 15) is 21.6 Å². The first-order chi connectivity index (χ1) is 17.8. The molecule has 0 fully saturated rings. The van der Waals surface area contributed by atoms with Gasteiger partial charge < -0.3 is 14.8 Å². The van der Waals surface area contributed by atoms with Crippen LogP contribution in [-0.4, -0.2) is 48.3 Å². The number of fused-ring (bicyclic) bond motifs is 1. The molecule has 0 saturated heterocycles. The fraction of sp³-hybridized carbons (Fsp3) is 0.269. The van der Waals surface area contributed by atoms with E-state index in [1.165, 1.54) is 37.3 Å². The Labute approximate surface area is 222 Å². The van der Waals surface area contributed by atoms with Gasteiger partial charge in [0.15, 0.2) is 11.5 Å². The number of rotatable bonds is 8. The first-order valence-corrected chi connectivity index (χ1v) is 15.1. The van der Waals surface area contributed by atoms with E-state index in [0.717, 1.165) is 21.7 Å². The number of aryl methyl sites for hydroxylation is 2. The Balaban J connectivity index is 1.50. The molecule has 0 unspecified atom stereocenters. The van der Waals surface area contributed by atoms with Crippen LogP contribution in [0.1, 0.15) is 18.1 Å². The quantitative estimate of drug-likeness (QED) is 0.431. The number of hydrogen-bond donors (Lipinski definition) is 2. The van der Waals surface area contributed by atoms with Gasteiger partial charge in [0.25, 0.3) is 10.0 Å². The van der Waals surface area contributed by atoms with Crippen molar-refractivity contribution in [3.63, 3.8) is 0 Å². The molecule has 0 bridgehead atoms. The summed E-state index contributed by atoms with van der Waals surface area (Å²) in [6, 6.07) is 14.5. The molecule has 0 radical (unpaired) electrons. The number of nitrogens with one attached hydrogen (secondary N) is 2.